The molecule has 0 atom stereocenters. The fourth-order valence-electron chi connectivity index (χ4n) is 2.85. The van der Waals surface area contributed by atoms with Gasteiger partial charge in [-0.3, -0.25) is 9.59 Å². The summed E-state index contributed by atoms with van der Waals surface area (Å²) in [4.78, 5) is 21.7. The second-order valence-electron chi connectivity index (χ2n) is 6.67. The minimum Gasteiger partial charge on any atom is -1.00 e. The monoisotopic (exact) mass is 368 g/mol. The Labute approximate surface area is 182 Å². The zero-order valence-corrected chi connectivity index (χ0v) is 18.5. The van der Waals surface area contributed by atoms with Gasteiger partial charge in [-0.25, -0.2) is 0 Å². The molecule has 0 radical (unpaired) electrons. The summed E-state index contributed by atoms with van der Waals surface area (Å²) in [5, 5.41) is 0. The number of ether oxygens (including phenoxy) is 1. The molecule has 0 N–H and O–H groups in total. The van der Waals surface area contributed by atoms with Crippen molar-refractivity contribution in [1.29, 1.82) is 0 Å². The first-order valence-electron chi connectivity index (χ1n) is 9.88. The zero-order chi connectivity index (χ0) is 17.2. The molecule has 0 aromatic heterocycles. The number of hydrogen-bond acceptors (Lipinski definition) is 3. The fourth-order valence-corrected chi connectivity index (χ4v) is 2.85. The van der Waals surface area contributed by atoms with Crippen molar-refractivity contribution in [3.8, 4) is 0 Å². The molecule has 0 saturated heterocycles. The van der Waals surface area contributed by atoms with E-state index in [9.17, 15) is 9.59 Å². The maximum absolute atomic E-state index is 11.1. The third-order valence-electron chi connectivity index (χ3n) is 4.24. The first kappa shape index (κ1) is 26.6. The predicted molar refractivity (Wildman–Crippen MR) is 104 cm³/mol. The van der Waals surface area contributed by atoms with Crippen LogP contribution in [-0.4, -0.2) is 49.7 Å². The smallest absolute Gasteiger partial charge is 1.00 e. The summed E-state index contributed by atoms with van der Waals surface area (Å²) >= 11 is 0. The standard InChI is InChI=1S/C20H38O3.Ca.2H/c1-3-4-5-6-7-8-9-10-11-12-13-14-15-16-17-18-20(22)23-19(2)21;;;/h3-18H2,1-2H3;;;/q;+2;2*-1. The number of unbranched alkanes of at least 4 members (excludes halogenated alkanes) is 14. The van der Waals surface area contributed by atoms with E-state index >= 15 is 0 Å². The van der Waals surface area contributed by atoms with Gasteiger partial charge in [0.25, 0.3) is 0 Å². The second-order valence-corrected chi connectivity index (χ2v) is 6.67. The molecule has 0 spiro atoms. The Hall–Kier alpha value is 0.400. The Bertz CT molecular complexity index is 303. The van der Waals surface area contributed by atoms with Crippen LogP contribution in [-0.2, 0) is 14.3 Å². The maximum Gasteiger partial charge on any atom is 2.00 e. The SMILES string of the molecule is CCCCCCCCCCCCCCCCCC(=O)OC(C)=O.[Ca+2].[H-].[H-]. The van der Waals surface area contributed by atoms with Gasteiger partial charge in [0, 0.05) is 13.3 Å². The third kappa shape index (κ3) is 22.4. The molecule has 4 heteroatoms. The van der Waals surface area contributed by atoms with Crippen molar-refractivity contribution in [2.75, 3.05) is 0 Å². The molecule has 0 aliphatic carbocycles. The molecular formula is C20H40CaO3. The molecular weight excluding hydrogens is 328 g/mol. The summed E-state index contributed by atoms with van der Waals surface area (Å²) in [6.07, 6.45) is 20.0. The van der Waals surface area contributed by atoms with Gasteiger partial charge in [0.15, 0.2) is 0 Å². The molecule has 24 heavy (non-hydrogen) atoms. The molecule has 0 aliphatic rings. The summed E-state index contributed by atoms with van der Waals surface area (Å²) in [5.74, 6) is -0.886. The van der Waals surface area contributed by atoms with E-state index in [1.54, 1.807) is 0 Å². The molecule has 0 bridgehead atoms. The van der Waals surface area contributed by atoms with Crippen LogP contribution in [0, 0.1) is 0 Å². The molecule has 0 aliphatic heterocycles. The van der Waals surface area contributed by atoms with E-state index in [-0.39, 0.29) is 46.6 Å². The van der Waals surface area contributed by atoms with Crippen LogP contribution in [0.2, 0.25) is 0 Å². The van der Waals surface area contributed by atoms with Gasteiger partial charge in [-0.2, -0.15) is 0 Å². The molecule has 140 valence electrons. The van der Waals surface area contributed by atoms with Crippen LogP contribution >= 0.6 is 0 Å². The molecule has 0 heterocycles. The van der Waals surface area contributed by atoms with E-state index in [0.717, 1.165) is 12.8 Å². The Morgan fingerprint density at radius 2 is 1.00 bits per heavy atom. The first-order chi connectivity index (χ1) is 11.2. The minimum atomic E-state index is -0.504. The summed E-state index contributed by atoms with van der Waals surface area (Å²) in [6, 6.07) is 0. The van der Waals surface area contributed by atoms with Gasteiger partial charge in [0.05, 0.1) is 0 Å². The van der Waals surface area contributed by atoms with Crippen LogP contribution < -0.4 is 0 Å². The van der Waals surface area contributed by atoms with Gasteiger partial charge < -0.3 is 7.59 Å². The average molecular weight is 369 g/mol. The van der Waals surface area contributed by atoms with E-state index < -0.39 is 5.97 Å². The van der Waals surface area contributed by atoms with Crippen molar-refractivity contribution >= 4 is 49.7 Å². The molecule has 3 nitrogen and oxygen atoms in total. The number of carbonyl (C=O) groups excluding carboxylic acids is 2. The van der Waals surface area contributed by atoms with Gasteiger partial charge in [-0.1, -0.05) is 96.8 Å². The molecule has 0 unspecified atom stereocenters. The van der Waals surface area contributed by atoms with Gasteiger partial charge >= 0.3 is 49.7 Å². The third-order valence-corrected chi connectivity index (χ3v) is 4.24. The van der Waals surface area contributed by atoms with Crippen LogP contribution in [0.3, 0.4) is 0 Å². The topological polar surface area (TPSA) is 43.4 Å². The Morgan fingerprint density at radius 1 is 0.667 bits per heavy atom. The molecule has 0 fully saturated rings. The predicted octanol–water partition coefficient (Wildman–Crippen LogP) is 6.18. The van der Waals surface area contributed by atoms with E-state index in [0.29, 0.717) is 6.42 Å². The van der Waals surface area contributed by atoms with Crippen LogP contribution in [0.5, 0.6) is 0 Å². The van der Waals surface area contributed by atoms with E-state index in [1.807, 2.05) is 0 Å². The summed E-state index contributed by atoms with van der Waals surface area (Å²) in [5.41, 5.74) is 0. The van der Waals surface area contributed by atoms with Crippen LogP contribution in [0.25, 0.3) is 0 Å². The summed E-state index contributed by atoms with van der Waals surface area (Å²) in [6.45, 7) is 3.53. The van der Waals surface area contributed by atoms with Crippen LogP contribution in [0.15, 0.2) is 0 Å². The van der Waals surface area contributed by atoms with E-state index in [2.05, 4.69) is 11.7 Å². The second kappa shape index (κ2) is 21.4. The van der Waals surface area contributed by atoms with Gasteiger partial charge in [-0.15, -0.1) is 0 Å². The average Bonchev–Trinajstić information content (AvgIpc) is 2.50. The van der Waals surface area contributed by atoms with Crippen LogP contribution in [0.1, 0.15) is 119 Å². The molecule has 0 saturated carbocycles. The normalized spacial score (nSPS) is 10.2. The first-order valence-corrected chi connectivity index (χ1v) is 9.88. The zero-order valence-electron chi connectivity index (χ0n) is 18.2. The van der Waals surface area contributed by atoms with Crippen LogP contribution in [0.4, 0.5) is 0 Å². The molecule has 0 rings (SSSR count). The molecule has 0 amide bonds. The Kier molecular flexibility index (Phi) is 23.8. The minimum absolute atomic E-state index is 0. The molecule has 0 aromatic rings. The van der Waals surface area contributed by atoms with Gasteiger partial charge in [0.2, 0.25) is 0 Å². The largest absolute Gasteiger partial charge is 2.00 e. The van der Waals surface area contributed by atoms with Crippen molar-refractivity contribution in [3.05, 3.63) is 0 Å². The quantitative estimate of drug-likeness (QED) is 0.141. The fraction of sp³-hybridized carbons (Fsp3) is 0.900. The Balaban J connectivity index is -0.000000807. The number of esters is 2. The van der Waals surface area contributed by atoms with E-state index in [4.69, 9.17) is 0 Å². The van der Waals surface area contributed by atoms with E-state index in [1.165, 1.54) is 90.4 Å². The van der Waals surface area contributed by atoms with Gasteiger partial charge in [0.1, 0.15) is 0 Å². The van der Waals surface area contributed by atoms with Gasteiger partial charge in [-0.05, 0) is 6.42 Å². The number of rotatable bonds is 16. The summed E-state index contributed by atoms with van der Waals surface area (Å²) in [7, 11) is 0. The molecule has 0 aromatic carbocycles. The van der Waals surface area contributed by atoms with Crippen molar-refractivity contribution < 1.29 is 17.2 Å². The summed E-state index contributed by atoms with van der Waals surface area (Å²) < 4.78 is 4.49. The maximum atomic E-state index is 11.1. The van der Waals surface area contributed by atoms with Crippen molar-refractivity contribution in [2.45, 2.75) is 117 Å². The van der Waals surface area contributed by atoms with Crippen molar-refractivity contribution in [1.82, 2.24) is 0 Å². The number of hydrogen-bond donors (Lipinski definition) is 0. The van der Waals surface area contributed by atoms with Crippen molar-refractivity contribution in [2.24, 2.45) is 0 Å². The van der Waals surface area contributed by atoms with Crippen molar-refractivity contribution in [3.63, 3.8) is 0 Å². The number of carbonyl (C=O) groups is 2. The Morgan fingerprint density at radius 3 is 1.33 bits per heavy atom.